The predicted octanol–water partition coefficient (Wildman–Crippen LogP) is 8.56. The number of alkyl halides is 3. The predicted molar refractivity (Wildman–Crippen MR) is 190 cm³/mol. The second-order valence-electron chi connectivity index (χ2n) is 13.0. The van der Waals surface area contributed by atoms with Crippen LogP contribution in [-0.2, 0) is 31.4 Å². The number of imide groups is 1. The Morgan fingerprint density at radius 2 is 1.04 bits per heavy atom. The van der Waals surface area contributed by atoms with E-state index in [1.807, 2.05) is 24.3 Å². The van der Waals surface area contributed by atoms with E-state index in [-0.39, 0.29) is 11.5 Å². The molecule has 5 aromatic rings. The van der Waals surface area contributed by atoms with Crippen LogP contribution in [0.3, 0.4) is 0 Å². The topological polar surface area (TPSA) is 72.9 Å². The van der Waals surface area contributed by atoms with Crippen LogP contribution in [0.25, 0.3) is 11.1 Å². The lowest BCUT2D eigenvalue weighted by molar-refractivity contribution is -0.137. The number of benzene rings is 5. The van der Waals surface area contributed by atoms with E-state index in [1.54, 1.807) is 84.9 Å². The zero-order valence-corrected chi connectivity index (χ0v) is 28.5. The molecule has 10 heteroatoms. The third-order valence-corrected chi connectivity index (χ3v) is 11.1. The van der Waals surface area contributed by atoms with Crippen LogP contribution in [0.5, 0.6) is 11.5 Å². The monoisotopic (exact) mass is 719 g/mol. The minimum atomic E-state index is -4.86. The van der Waals surface area contributed by atoms with Crippen LogP contribution in [0.2, 0.25) is 5.02 Å². The molecular formula is C42H29ClF3NO5. The summed E-state index contributed by atoms with van der Waals surface area (Å²) in [4.78, 5) is 47.1. The summed E-state index contributed by atoms with van der Waals surface area (Å²) in [5.41, 5.74) is -1.71. The number of anilines is 1. The Morgan fingerprint density at radius 3 is 1.42 bits per heavy atom. The van der Waals surface area contributed by atoms with Gasteiger partial charge >= 0.3 is 6.18 Å². The van der Waals surface area contributed by atoms with Crippen LogP contribution in [0.4, 0.5) is 18.9 Å². The van der Waals surface area contributed by atoms with Crippen molar-refractivity contribution < 1.29 is 37.0 Å². The molecule has 1 heterocycles. The fourth-order valence-electron chi connectivity index (χ4n) is 8.76. The summed E-state index contributed by atoms with van der Waals surface area (Å²) in [6, 6.07) is 35.0. The second-order valence-corrected chi connectivity index (χ2v) is 13.4. The quantitative estimate of drug-likeness (QED) is 0.158. The van der Waals surface area contributed by atoms with Crippen LogP contribution in [0.1, 0.15) is 27.8 Å². The van der Waals surface area contributed by atoms with Gasteiger partial charge in [0.05, 0.1) is 53.2 Å². The van der Waals surface area contributed by atoms with E-state index in [2.05, 4.69) is 0 Å². The van der Waals surface area contributed by atoms with E-state index in [4.69, 9.17) is 21.1 Å². The summed E-state index contributed by atoms with van der Waals surface area (Å²) in [5, 5.41) is -0.572. The van der Waals surface area contributed by atoms with E-state index in [0.717, 1.165) is 17.0 Å². The first-order valence-electron chi connectivity index (χ1n) is 16.5. The average molecular weight is 720 g/mol. The number of hydrogen-bond acceptors (Lipinski definition) is 5. The molecule has 8 rings (SSSR count). The first-order valence-corrected chi connectivity index (χ1v) is 16.8. The van der Waals surface area contributed by atoms with Gasteiger partial charge in [0.1, 0.15) is 11.5 Å². The number of ketones is 1. The van der Waals surface area contributed by atoms with Crippen molar-refractivity contribution in [1.82, 2.24) is 0 Å². The van der Waals surface area contributed by atoms with E-state index in [9.17, 15) is 13.2 Å². The Labute approximate surface area is 302 Å². The van der Waals surface area contributed by atoms with Gasteiger partial charge in [-0.1, -0.05) is 96.5 Å². The molecule has 5 aromatic carbocycles. The summed E-state index contributed by atoms with van der Waals surface area (Å²) in [6.07, 6.45) is -4.86. The maximum atomic E-state index is 16.0. The van der Waals surface area contributed by atoms with Gasteiger partial charge in [0.15, 0.2) is 5.78 Å². The summed E-state index contributed by atoms with van der Waals surface area (Å²) >= 11 is 5.98. The maximum absolute atomic E-state index is 16.0. The highest BCUT2D eigenvalue weighted by Gasteiger charge is 2.82. The molecule has 1 saturated heterocycles. The summed E-state index contributed by atoms with van der Waals surface area (Å²) in [5.74, 6) is -3.43. The number of fused-ring (bicyclic) bond motifs is 5. The Hall–Kier alpha value is -5.67. The molecule has 1 aliphatic heterocycles. The molecule has 2 amide bonds. The number of rotatable bonds is 7. The van der Waals surface area contributed by atoms with E-state index >= 15 is 14.4 Å². The lowest BCUT2D eigenvalue weighted by Gasteiger charge is -2.39. The first kappa shape index (κ1) is 33.5. The Kier molecular flexibility index (Phi) is 7.69. The third-order valence-electron chi connectivity index (χ3n) is 10.7. The highest BCUT2D eigenvalue weighted by Crippen LogP contribution is 2.74. The molecule has 2 bridgehead atoms. The van der Waals surface area contributed by atoms with Crippen LogP contribution >= 0.6 is 11.6 Å². The zero-order valence-electron chi connectivity index (χ0n) is 27.8. The molecule has 52 heavy (non-hydrogen) atoms. The van der Waals surface area contributed by atoms with Crippen molar-refractivity contribution in [2.45, 2.75) is 17.0 Å². The van der Waals surface area contributed by atoms with Gasteiger partial charge in [0.2, 0.25) is 11.8 Å². The van der Waals surface area contributed by atoms with Crippen molar-refractivity contribution in [3.63, 3.8) is 0 Å². The molecule has 4 atom stereocenters. The number of nitrogens with zero attached hydrogens (tertiary/aromatic N) is 1. The zero-order chi connectivity index (χ0) is 36.6. The molecule has 2 fully saturated rings. The summed E-state index contributed by atoms with van der Waals surface area (Å²) < 4.78 is 53.3. The SMILES string of the molecule is COc1ccc(C2=C(c3ccc(OC)cc3)[C@]3(c4ccccc4)C(=O)[C@]2(c2ccccc2)[C@@H]2C(=O)N(c4ccc(Cl)c(C(F)(F)F)c4)C(=O)[C@@H]23)cc1. The number of halogens is 4. The lowest BCUT2D eigenvalue weighted by atomic mass is 9.59. The molecule has 0 radical (unpaired) electrons. The van der Waals surface area contributed by atoms with Crippen LogP contribution < -0.4 is 14.4 Å². The highest BCUT2D eigenvalue weighted by molar-refractivity contribution is 6.39. The normalized spacial score (nSPS) is 23.7. The van der Waals surface area contributed by atoms with Crippen molar-refractivity contribution in [2.24, 2.45) is 11.8 Å². The average Bonchev–Trinajstić information content (AvgIpc) is 3.67. The number of carbonyl (C=O) groups is 3. The number of ether oxygens (including phenoxy) is 2. The minimum absolute atomic E-state index is 0.281. The Morgan fingerprint density at radius 1 is 0.615 bits per heavy atom. The molecule has 0 N–H and O–H groups in total. The first-order chi connectivity index (χ1) is 25.0. The molecule has 0 aromatic heterocycles. The van der Waals surface area contributed by atoms with E-state index in [0.29, 0.717) is 44.9 Å². The van der Waals surface area contributed by atoms with Crippen LogP contribution in [0.15, 0.2) is 127 Å². The van der Waals surface area contributed by atoms with E-state index < -0.39 is 51.2 Å². The number of Topliss-reactive ketones (excluding diaryl/α,β-unsaturated/α-hetero) is 1. The Bertz CT molecular complexity index is 2160. The Balaban J connectivity index is 1.51. The van der Waals surface area contributed by atoms with Crippen molar-refractivity contribution in [1.29, 1.82) is 0 Å². The van der Waals surface area contributed by atoms with Crippen molar-refractivity contribution in [3.8, 4) is 11.5 Å². The summed E-state index contributed by atoms with van der Waals surface area (Å²) in [7, 11) is 3.08. The molecule has 0 spiro atoms. The number of allylic oxidation sites excluding steroid dienone is 2. The van der Waals surface area contributed by atoms with Crippen LogP contribution in [-0.4, -0.2) is 31.8 Å². The second kappa shape index (κ2) is 12.0. The van der Waals surface area contributed by atoms with Gasteiger partial charge in [-0.2, -0.15) is 13.2 Å². The van der Waals surface area contributed by atoms with Gasteiger partial charge in [0, 0.05) is 0 Å². The molecule has 2 aliphatic carbocycles. The number of carbonyl (C=O) groups excluding carboxylic acids is 3. The molecule has 1 saturated carbocycles. The number of amides is 2. The van der Waals surface area contributed by atoms with E-state index in [1.165, 1.54) is 20.3 Å². The number of hydrogen-bond donors (Lipinski definition) is 0. The number of methoxy groups -OCH3 is 2. The van der Waals surface area contributed by atoms with Crippen molar-refractivity contribution in [2.75, 3.05) is 19.1 Å². The molecule has 3 aliphatic rings. The summed E-state index contributed by atoms with van der Waals surface area (Å²) in [6.45, 7) is 0. The minimum Gasteiger partial charge on any atom is -0.497 e. The third kappa shape index (κ3) is 4.41. The van der Waals surface area contributed by atoms with Gasteiger partial charge in [0.25, 0.3) is 0 Å². The van der Waals surface area contributed by atoms with Gasteiger partial charge in [-0.25, -0.2) is 4.90 Å². The standard InChI is InChI=1S/C42H29ClF3NO5/c1-51-29-18-13-24(14-19-29)33-34(25-15-20-30(52-2)21-16-25)41(27-11-7-4-8-12-27)36-35(40(33,39(41)50)26-9-5-3-6-10-26)37(48)47(38(36)49)28-17-22-32(43)31(23-28)42(44,45)46/h3-23,35-36H,1-2H3/t35-,36+,40-,41-/m0/s1. The maximum Gasteiger partial charge on any atom is 0.417 e. The fourth-order valence-corrected chi connectivity index (χ4v) is 8.99. The van der Waals surface area contributed by atoms with Crippen molar-refractivity contribution in [3.05, 3.63) is 160 Å². The van der Waals surface area contributed by atoms with Gasteiger partial charge in [-0.05, 0) is 75.9 Å². The van der Waals surface area contributed by atoms with Gasteiger partial charge < -0.3 is 9.47 Å². The van der Waals surface area contributed by atoms with Crippen LogP contribution in [0, 0.1) is 11.8 Å². The molecule has 6 nitrogen and oxygen atoms in total. The fraction of sp³-hybridized carbons (Fsp3) is 0.167. The smallest absolute Gasteiger partial charge is 0.417 e. The molecular weight excluding hydrogens is 691 g/mol. The van der Waals surface area contributed by atoms with Crippen molar-refractivity contribution >= 4 is 46.0 Å². The molecule has 0 unspecified atom stereocenters. The van der Waals surface area contributed by atoms with Gasteiger partial charge in [-0.3, -0.25) is 14.4 Å². The largest absolute Gasteiger partial charge is 0.497 e. The molecule has 260 valence electrons. The highest BCUT2D eigenvalue weighted by atomic mass is 35.5. The van der Waals surface area contributed by atoms with Gasteiger partial charge in [-0.15, -0.1) is 0 Å². The lowest BCUT2D eigenvalue weighted by Crippen LogP contribution is -2.45.